The van der Waals surface area contributed by atoms with E-state index in [-0.39, 0.29) is 12.5 Å². The molecular formula is C10H17N3O2. The number of rotatable bonds is 3. The summed E-state index contributed by atoms with van der Waals surface area (Å²) >= 11 is 0. The van der Waals surface area contributed by atoms with Gasteiger partial charge in [-0.3, -0.25) is 4.79 Å². The van der Waals surface area contributed by atoms with Crippen LogP contribution in [0.5, 0.6) is 0 Å². The van der Waals surface area contributed by atoms with Gasteiger partial charge in [0.2, 0.25) is 0 Å². The van der Waals surface area contributed by atoms with Crippen LogP contribution < -0.4 is 5.73 Å². The molecule has 0 atom stereocenters. The SMILES string of the molecule is CC(C)(C)OC(=O)Cn1cnc(CN)c1. The van der Waals surface area contributed by atoms with Crippen LogP contribution in [0.2, 0.25) is 0 Å². The quantitative estimate of drug-likeness (QED) is 0.746. The number of carbonyl (C=O) groups is 1. The molecule has 0 spiro atoms. The summed E-state index contributed by atoms with van der Waals surface area (Å²) in [5.74, 6) is -0.275. The molecule has 84 valence electrons. The van der Waals surface area contributed by atoms with E-state index < -0.39 is 5.60 Å². The molecule has 1 heterocycles. The maximum atomic E-state index is 11.4. The lowest BCUT2D eigenvalue weighted by atomic mass is 10.2. The smallest absolute Gasteiger partial charge is 0.326 e. The first-order chi connectivity index (χ1) is 6.90. The van der Waals surface area contributed by atoms with Crippen molar-refractivity contribution >= 4 is 5.97 Å². The van der Waals surface area contributed by atoms with Crippen molar-refractivity contribution in [1.82, 2.24) is 9.55 Å². The van der Waals surface area contributed by atoms with Crippen LogP contribution in [0.15, 0.2) is 12.5 Å². The van der Waals surface area contributed by atoms with Gasteiger partial charge in [-0.05, 0) is 20.8 Å². The molecule has 1 aromatic heterocycles. The van der Waals surface area contributed by atoms with Gasteiger partial charge in [-0.2, -0.15) is 0 Å². The molecule has 0 aliphatic heterocycles. The average Bonchev–Trinajstić information content (AvgIpc) is 2.48. The third-order valence-electron chi connectivity index (χ3n) is 1.63. The van der Waals surface area contributed by atoms with Gasteiger partial charge in [-0.25, -0.2) is 4.98 Å². The van der Waals surface area contributed by atoms with Crippen LogP contribution in [-0.4, -0.2) is 21.1 Å². The fourth-order valence-electron chi connectivity index (χ4n) is 1.12. The van der Waals surface area contributed by atoms with Crippen molar-refractivity contribution < 1.29 is 9.53 Å². The molecule has 0 aliphatic rings. The summed E-state index contributed by atoms with van der Waals surface area (Å²) in [5.41, 5.74) is 5.72. The van der Waals surface area contributed by atoms with Crippen LogP contribution in [0, 0.1) is 0 Å². The molecule has 0 unspecified atom stereocenters. The number of imidazole rings is 1. The highest BCUT2D eigenvalue weighted by Crippen LogP contribution is 2.07. The van der Waals surface area contributed by atoms with E-state index in [4.69, 9.17) is 10.5 Å². The highest BCUT2D eigenvalue weighted by molar-refractivity contribution is 5.69. The van der Waals surface area contributed by atoms with Gasteiger partial charge in [0, 0.05) is 12.7 Å². The van der Waals surface area contributed by atoms with Gasteiger partial charge in [0.1, 0.15) is 12.1 Å². The normalized spacial score (nSPS) is 11.5. The molecule has 0 aromatic carbocycles. The molecule has 1 aromatic rings. The number of esters is 1. The number of nitrogens with two attached hydrogens (primary N) is 1. The Morgan fingerprint density at radius 3 is 2.73 bits per heavy atom. The number of hydrogen-bond donors (Lipinski definition) is 1. The second-order valence-electron chi connectivity index (χ2n) is 4.33. The third-order valence-corrected chi connectivity index (χ3v) is 1.63. The highest BCUT2D eigenvalue weighted by Gasteiger charge is 2.16. The van der Waals surface area contributed by atoms with Crippen molar-refractivity contribution in [3.05, 3.63) is 18.2 Å². The second-order valence-corrected chi connectivity index (χ2v) is 4.33. The summed E-state index contributed by atoms with van der Waals surface area (Å²) in [6.07, 6.45) is 3.32. The predicted molar refractivity (Wildman–Crippen MR) is 56.0 cm³/mol. The first-order valence-electron chi connectivity index (χ1n) is 4.83. The topological polar surface area (TPSA) is 70.1 Å². The van der Waals surface area contributed by atoms with Crippen LogP contribution >= 0.6 is 0 Å². The van der Waals surface area contributed by atoms with E-state index in [1.165, 1.54) is 0 Å². The molecule has 0 saturated heterocycles. The van der Waals surface area contributed by atoms with E-state index in [0.717, 1.165) is 5.69 Å². The van der Waals surface area contributed by atoms with Gasteiger partial charge in [-0.1, -0.05) is 0 Å². The van der Waals surface area contributed by atoms with Crippen LogP contribution in [0.1, 0.15) is 26.5 Å². The monoisotopic (exact) mass is 211 g/mol. The molecule has 0 bridgehead atoms. The molecule has 0 fully saturated rings. The number of hydrogen-bond acceptors (Lipinski definition) is 4. The number of nitrogens with zero attached hydrogens (tertiary/aromatic N) is 2. The molecular weight excluding hydrogens is 194 g/mol. The predicted octanol–water partition coefficient (Wildman–Crippen LogP) is 0.684. The minimum Gasteiger partial charge on any atom is -0.459 e. The summed E-state index contributed by atoms with van der Waals surface area (Å²) in [4.78, 5) is 15.4. The molecule has 0 aliphatic carbocycles. The van der Waals surface area contributed by atoms with Gasteiger partial charge in [0.15, 0.2) is 0 Å². The van der Waals surface area contributed by atoms with Crippen LogP contribution in [-0.2, 0) is 22.6 Å². The minimum absolute atomic E-state index is 0.171. The summed E-state index contributed by atoms with van der Waals surface area (Å²) in [6.45, 7) is 6.06. The van der Waals surface area contributed by atoms with Crippen molar-refractivity contribution in [3.63, 3.8) is 0 Å². The Morgan fingerprint density at radius 1 is 1.60 bits per heavy atom. The summed E-state index contributed by atoms with van der Waals surface area (Å²) in [5, 5.41) is 0. The van der Waals surface area contributed by atoms with E-state index >= 15 is 0 Å². The Morgan fingerprint density at radius 2 is 2.27 bits per heavy atom. The lowest BCUT2D eigenvalue weighted by molar-refractivity contribution is -0.155. The number of carbonyl (C=O) groups excluding carboxylic acids is 1. The largest absolute Gasteiger partial charge is 0.459 e. The van der Waals surface area contributed by atoms with Crippen LogP contribution in [0.25, 0.3) is 0 Å². The maximum Gasteiger partial charge on any atom is 0.326 e. The zero-order valence-corrected chi connectivity index (χ0v) is 9.36. The van der Waals surface area contributed by atoms with Crippen LogP contribution in [0.4, 0.5) is 0 Å². The lowest BCUT2D eigenvalue weighted by Crippen LogP contribution is -2.26. The van der Waals surface area contributed by atoms with E-state index in [1.54, 1.807) is 17.1 Å². The average molecular weight is 211 g/mol. The Balaban J connectivity index is 2.51. The maximum absolute atomic E-state index is 11.4. The fourth-order valence-corrected chi connectivity index (χ4v) is 1.12. The molecule has 1 rings (SSSR count). The highest BCUT2D eigenvalue weighted by atomic mass is 16.6. The van der Waals surface area contributed by atoms with Crippen molar-refractivity contribution in [2.24, 2.45) is 5.73 Å². The van der Waals surface area contributed by atoms with Gasteiger partial charge in [0.05, 0.1) is 12.0 Å². The number of aromatic nitrogens is 2. The molecule has 5 nitrogen and oxygen atoms in total. The van der Waals surface area contributed by atoms with Gasteiger partial charge in [-0.15, -0.1) is 0 Å². The van der Waals surface area contributed by atoms with E-state index in [2.05, 4.69) is 4.98 Å². The zero-order valence-electron chi connectivity index (χ0n) is 9.36. The second kappa shape index (κ2) is 4.44. The van der Waals surface area contributed by atoms with E-state index in [9.17, 15) is 4.79 Å². The van der Waals surface area contributed by atoms with Crippen molar-refractivity contribution in [2.45, 2.75) is 39.5 Å². The molecule has 0 saturated carbocycles. The third kappa shape index (κ3) is 4.12. The first-order valence-corrected chi connectivity index (χ1v) is 4.83. The summed E-state index contributed by atoms with van der Waals surface area (Å²) in [6, 6.07) is 0. The van der Waals surface area contributed by atoms with Gasteiger partial charge >= 0.3 is 5.97 Å². The zero-order chi connectivity index (χ0) is 11.5. The fraction of sp³-hybridized carbons (Fsp3) is 0.600. The first kappa shape index (κ1) is 11.7. The summed E-state index contributed by atoms with van der Waals surface area (Å²) in [7, 11) is 0. The van der Waals surface area contributed by atoms with E-state index in [1.807, 2.05) is 20.8 Å². The van der Waals surface area contributed by atoms with Crippen molar-refractivity contribution in [1.29, 1.82) is 0 Å². The Hall–Kier alpha value is -1.36. The van der Waals surface area contributed by atoms with Crippen molar-refractivity contribution in [3.8, 4) is 0 Å². The minimum atomic E-state index is -0.450. The standard InChI is InChI=1S/C10H17N3O2/c1-10(2,3)15-9(14)6-13-5-8(4-11)12-7-13/h5,7H,4,6,11H2,1-3H3. The molecule has 15 heavy (non-hydrogen) atoms. The molecule has 2 N–H and O–H groups in total. The Bertz CT molecular complexity index is 339. The Kier molecular flexibility index (Phi) is 3.47. The summed E-state index contributed by atoms with van der Waals surface area (Å²) < 4.78 is 6.83. The van der Waals surface area contributed by atoms with Crippen molar-refractivity contribution in [2.75, 3.05) is 0 Å². The van der Waals surface area contributed by atoms with Gasteiger partial charge < -0.3 is 15.0 Å². The lowest BCUT2D eigenvalue weighted by Gasteiger charge is -2.19. The molecule has 0 amide bonds. The van der Waals surface area contributed by atoms with Crippen LogP contribution in [0.3, 0.4) is 0 Å². The van der Waals surface area contributed by atoms with E-state index in [0.29, 0.717) is 6.54 Å². The number of ether oxygens (including phenoxy) is 1. The van der Waals surface area contributed by atoms with Gasteiger partial charge in [0.25, 0.3) is 0 Å². The molecule has 0 radical (unpaired) electrons. The molecule has 5 heteroatoms. The Labute approximate surface area is 89.2 Å².